The normalized spacial score (nSPS) is 10.8. The Balaban J connectivity index is 2.67. The molecule has 0 amide bonds. The van der Waals surface area contributed by atoms with Gasteiger partial charge in [-0.3, -0.25) is 0 Å². The van der Waals surface area contributed by atoms with Crippen LogP contribution in [0.4, 0.5) is 0 Å². The van der Waals surface area contributed by atoms with E-state index >= 15 is 0 Å². The van der Waals surface area contributed by atoms with E-state index in [0.717, 1.165) is 49.8 Å². The molecule has 0 radical (unpaired) electrons. The fourth-order valence-electron chi connectivity index (χ4n) is 2.10. The number of aryl methyl sites for hydroxylation is 2. The van der Waals surface area contributed by atoms with Gasteiger partial charge in [-0.2, -0.15) is 0 Å². The fourth-order valence-corrected chi connectivity index (χ4v) is 2.10. The van der Waals surface area contributed by atoms with Gasteiger partial charge in [-0.05, 0) is 30.9 Å². The molecule has 0 saturated heterocycles. The van der Waals surface area contributed by atoms with Crippen LogP contribution in [0.25, 0.3) is 0 Å². The third kappa shape index (κ3) is 4.55. The molecule has 0 fully saturated rings. The van der Waals surface area contributed by atoms with Crippen molar-refractivity contribution in [2.24, 2.45) is 0 Å². The van der Waals surface area contributed by atoms with Crippen LogP contribution in [0.5, 0.6) is 0 Å². The van der Waals surface area contributed by atoms with Gasteiger partial charge in [-0.25, -0.2) is 4.79 Å². The minimum Gasteiger partial charge on any atom is -0.475 e. The fraction of sp³-hybridized carbons (Fsp3) is 0.667. The Morgan fingerprint density at radius 3 is 2.28 bits per heavy atom. The summed E-state index contributed by atoms with van der Waals surface area (Å²) in [5.41, 5.74) is 1.09. The van der Waals surface area contributed by atoms with Crippen LogP contribution < -0.4 is 0 Å². The van der Waals surface area contributed by atoms with E-state index in [4.69, 9.17) is 9.52 Å². The molecular formula is C15H24O3. The molecule has 0 aliphatic rings. The van der Waals surface area contributed by atoms with E-state index in [0.29, 0.717) is 0 Å². The third-order valence-corrected chi connectivity index (χ3v) is 3.16. The standard InChI is InChI=1S/C15H24O3/c1-3-5-7-9-12-11-14(15(16)17)18-13(12)10-8-6-4-2/h11H,3-10H2,1-2H3,(H,16,17). The molecule has 1 aromatic heterocycles. The van der Waals surface area contributed by atoms with Crippen molar-refractivity contribution in [1.29, 1.82) is 0 Å². The number of aromatic carboxylic acids is 1. The summed E-state index contributed by atoms with van der Waals surface area (Å²) in [6.07, 6.45) is 8.67. The van der Waals surface area contributed by atoms with Gasteiger partial charge in [0.2, 0.25) is 5.76 Å². The van der Waals surface area contributed by atoms with Crippen molar-refractivity contribution >= 4 is 5.97 Å². The molecule has 0 atom stereocenters. The first kappa shape index (κ1) is 14.8. The van der Waals surface area contributed by atoms with Crippen molar-refractivity contribution in [3.63, 3.8) is 0 Å². The molecule has 1 aromatic rings. The van der Waals surface area contributed by atoms with Crippen LogP contribution in [-0.4, -0.2) is 11.1 Å². The first-order chi connectivity index (χ1) is 8.69. The largest absolute Gasteiger partial charge is 0.475 e. The number of hydrogen-bond acceptors (Lipinski definition) is 2. The SMILES string of the molecule is CCCCCc1cc(C(=O)O)oc1CCCCC. The number of carboxylic acids is 1. The van der Waals surface area contributed by atoms with Crippen molar-refractivity contribution in [2.75, 3.05) is 0 Å². The summed E-state index contributed by atoms with van der Waals surface area (Å²) in [5, 5.41) is 8.97. The molecule has 0 saturated carbocycles. The van der Waals surface area contributed by atoms with Crippen molar-refractivity contribution in [3.05, 3.63) is 23.2 Å². The van der Waals surface area contributed by atoms with Crippen LogP contribution in [-0.2, 0) is 12.8 Å². The Kier molecular flexibility index (Phi) is 6.55. The van der Waals surface area contributed by atoms with Crippen molar-refractivity contribution in [3.8, 4) is 0 Å². The summed E-state index contributed by atoms with van der Waals surface area (Å²) in [5.74, 6) is 0.0124. The zero-order valence-corrected chi connectivity index (χ0v) is 11.5. The van der Waals surface area contributed by atoms with Crippen molar-refractivity contribution in [2.45, 2.75) is 65.2 Å². The summed E-state index contributed by atoms with van der Waals surface area (Å²) in [6.45, 7) is 4.33. The zero-order valence-electron chi connectivity index (χ0n) is 11.5. The van der Waals surface area contributed by atoms with Crippen LogP contribution in [0.3, 0.4) is 0 Å². The van der Waals surface area contributed by atoms with Crippen LogP contribution in [0.15, 0.2) is 10.5 Å². The second kappa shape index (κ2) is 7.96. The second-order valence-electron chi connectivity index (χ2n) is 4.78. The van der Waals surface area contributed by atoms with Gasteiger partial charge in [0.25, 0.3) is 0 Å². The monoisotopic (exact) mass is 252 g/mol. The molecule has 3 heteroatoms. The summed E-state index contributed by atoms with van der Waals surface area (Å²) in [7, 11) is 0. The lowest BCUT2D eigenvalue weighted by Gasteiger charge is -2.01. The molecule has 3 nitrogen and oxygen atoms in total. The lowest BCUT2D eigenvalue weighted by molar-refractivity contribution is 0.0660. The maximum absolute atomic E-state index is 10.9. The molecule has 0 bridgehead atoms. The highest BCUT2D eigenvalue weighted by Gasteiger charge is 2.15. The average molecular weight is 252 g/mol. The maximum Gasteiger partial charge on any atom is 0.371 e. The molecule has 0 unspecified atom stereocenters. The quantitative estimate of drug-likeness (QED) is 0.661. The first-order valence-electron chi connectivity index (χ1n) is 7.03. The van der Waals surface area contributed by atoms with Gasteiger partial charge in [0.1, 0.15) is 5.76 Å². The smallest absolute Gasteiger partial charge is 0.371 e. The van der Waals surface area contributed by atoms with E-state index in [-0.39, 0.29) is 5.76 Å². The molecule has 0 aliphatic heterocycles. The van der Waals surface area contributed by atoms with Gasteiger partial charge in [0.15, 0.2) is 0 Å². The van der Waals surface area contributed by atoms with Gasteiger partial charge < -0.3 is 9.52 Å². The van der Waals surface area contributed by atoms with E-state index in [2.05, 4.69) is 13.8 Å². The zero-order chi connectivity index (χ0) is 13.4. The molecule has 0 spiro atoms. The number of furan rings is 1. The van der Waals surface area contributed by atoms with Crippen LogP contribution in [0, 0.1) is 0 Å². The van der Waals surface area contributed by atoms with E-state index < -0.39 is 5.97 Å². The molecule has 102 valence electrons. The Bertz CT molecular complexity index is 338. The van der Waals surface area contributed by atoms with Gasteiger partial charge in [0.05, 0.1) is 0 Å². The summed E-state index contributed by atoms with van der Waals surface area (Å²) in [4.78, 5) is 10.9. The minimum absolute atomic E-state index is 0.0907. The second-order valence-corrected chi connectivity index (χ2v) is 4.78. The van der Waals surface area contributed by atoms with E-state index in [9.17, 15) is 4.79 Å². The van der Waals surface area contributed by atoms with Gasteiger partial charge in [-0.15, -0.1) is 0 Å². The van der Waals surface area contributed by atoms with Gasteiger partial charge in [0, 0.05) is 6.42 Å². The predicted octanol–water partition coefficient (Wildman–Crippen LogP) is 4.44. The van der Waals surface area contributed by atoms with Gasteiger partial charge >= 0.3 is 5.97 Å². The molecule has 1 N–H and O–H groups in total. The van der Waals surface area contributed by atoms with Gasteiger partial charge in [-0.1, -0.05) is 39.5 Å². The molecule has 0 aliphatic carbocycles. The van der Waals surface area contributed by atoms with E-state index in [1.807, 2.05) is 0 Å². The number of unbranched alkanes of at least 4 members (excludes halogenated alkanes) is 4. The van der Waals surface area contributed by atoms with E-state index in [1.54, 1.807) is 6.07 Å². The molecule has 1 heterocycles. The first-order valence-corrected chi connectivity index (χ1v) is 7.03. The Morgan fingerprint density at radius 2 is 1.72 bits per heavy atom. The third-order valence-electron chi connectivity index (χ3n) is 3.16. The predicted molar refractivity (Wildman–Crippen MR) is 72.1 cm³/mol. The Hall–Kier alpha value is -1.25. The minimum atomic E-state index is -0.964. The average Bonchev–Trinajstić information content (AvgIpc) is 2.74. The highest BCUT2D eigenvalue weighted by atomic mass is 16.4. The van der Waals surface area contributed by atoms with E-state index in [1.165, 1.54) is 12.8 Å². The highest BCUT2D eigenvalue weighted by molar-refractivity contribution is 5.84. The molecule has 0 aromatic carbocycles. The van der Waals surface area contributed by atoms with Crippen molar-refractivity contribution in [1.82, 2.24) is 0 Å². The summed E-state index contributed by atoms with van der Waals surface area (Å²) < 4.78 is 5.45. The lowest BCUT2D eigenvalue weighted by Crippen LogP contribution is -1.92. The summed E-state index contributed by atoms with van der Waals surface area (Å²) in [6, 6.07) is 1.71. The van der Waals surface area contributed by atoms with Crippen molar-refractivity contribution < 1.29 is 14.3 Å². The number of carboxylic acid groups (broad SMARTS) is 1. The number of hydrogen-bond donors (Lipinski definition) is 1. The lowest BCUT2D eigenvalue weighted by atomic mass is 10.0. The number of rotatable bonds is 9. The summed E-state index contributed by atoms with van der Waals surface area (Å²) >= 11 is 0. The molecule has 18 heavy (non-hydrogen) atoms. The molecular weight excluding hydrogens is 228 g/mol. The van der Waals surface area contributed by atoms with Crippen LogP contribution in [0.2, 0.25) is 0 Å². The Morgan fingerprint density at radius 1 is 1.11 bits per heavy atom. The van der Waals surface area contributed by atoms with Crippen LogP contribution >= 0.6 is 0 Å². The Labute approximate surface area is 109 Å². The molecule has 1 rings (SSSR count). The number of carbonyl (C=O) groups is 1. The van der Waals surface area contributed by atoms with Crippen LogP contribution in [0.1, 0.15) is 74.3 Å². The highest BCUT2D eigenvalue weighted by Crippen LogP contribution is 2.20. The maximum atomic E-state index is 10.9. The topological polar surface area (TPSA) is 50.4 Å².